The van der Waals surface area contributed by atoms with Crippen molar-refractivity contribution in [1.82, 2.24) is 0 Å². The number of hydrogen-bond acceptors (Lipinski definition) is 4. The van der Waals surface area contributed by atoms with Gasteiger partial charge in [0.15, 0.2) is 11.5 Å². The summed E-state index contributed by atoms with van der Waals surface area (Å²) in [5.74, 6) is 2.22. The van der Waals surface area contributed by atoms with Crippen molar-refractivity contribution in [2.45, 2.75) is 6.42 Å². The SMILES string of the molecule is COc1cc(N)ccc1OCCCOc1ccccc1. The molecule has 106 valence electrons. The predicted octanol–water partition coefficient (Wildman–Crippen LogP) is 3.13. The molecular formula is C16H19NO3. The minimum Gasteiger partial charge on any atom is -0.493 e. The van der Waals surface area contributed by atoms with Gasteiger partial charge >= 0.3 is 0 Å². The highest BCUT2D eigenvalue weighted by molar-refractivity contribution is 5.51. The standard InChI is InChI=1S/C16H19NO3/c1-18-16-12-13(17)8-9-15(16)20-11-5-10-19-14-6-3-2-4-7-14/h2-4,6-9,12H,5,10-11,17H2,1H3. The zero-order valence-electron chi connectivity index (χ0n) is 11.5. The monoisotopic (exact) mass is 273 g/mol. The van der Waals surface area contributed by atoms with Crippen LogP contribution in [0.4, 0.5) is 5.69 Å². The average molecular weight is 273 g/mol. The molecular weight excluding hydrogens is 254 g/mol. The Morgan fingerprint density at radius 2 is 1.65 bits per heavy atom. The molecule has 0 heterocycles. The summed E-state index contributed by atoms with van der Waals surface area (Å²) in [5, 5.41) is 0. The summed E-state index contributed by atoms with van der Waals surface area (Å²) >= 11 is 0. The first kappa shape index (κ1) is 14.1. The number of ether oxygens (including phenoxy) is 3. The summed E-state index contributed by atoms with van der Waals surface area (Å²) < 4.78 is 16.5. The molecule has 0 saturated carbocycles. The van der Waals surface area contributed by atoms with Crippen LogP contribution in [0.25, 0.3) is 0 Å². The summed E-state index contributed by atoms with van der Waals surface area (Å²) in [6.07, 6.45) is 0.794. The first-order valence-electron chi connectivity index (χ1n) is 6.54. The molecule has 0 atom stereocenters. The molecule has 0 saturated heterocycles. The Morgan fingerprint density at radius 3 is 2.40 bits per heavy atom. The highest BCUT2D eigenvalue weighted by atomic mass is 16.5. The number of rotatable bonds is 7. The molecule has 20 heavy (non-hydrogen) atoms. The molecule has 0 aliphatic rings. The summed E-state index contributed by atoms with van der Waals surface area (Å²) in [7, 11) is 1.60. The molecule has 0 amide bonds. The van der Waals surface area contributed by atoms with Gasteiger partial charge in [-0.15, -0.1) is 0 Å². The van der Waals surface area contributed by atoms with Gasteiger partial charge in [0.1, 0.15) is 5.75 Å². The second-order valence-corrected chi connectivity index (χ2v) is 4.27. The summed E-state index contributed by atoms with van der Waals surface area (Å²) in [4.78, 5) is 0. The molecule has 0 bridgehead atoms. The highest BCUT2D eigenvalue weighted by Gasteiger charge is 2.04. The summed E-state index contributed by atoms with van der Waals surface area (Å²) in [6.45, 7) is 1.18. The van der Waals surface area contributed by atoms with Crippen LogP contribution in [-0.2, 0) is 0 Å². The lowest BCUT2D eigenvalue weighted by Gasteiger charge is -2.11. The van der Waals surface area contributed by atoms with E-state index in [1.54, 1.807) is 19.2 Å². The third kappa shape index (κ3) is 4.09. The fourth-order valence-electron chi connectivity index (χ4n) is 1.75. The predicted molar refractivity (Wildman–Crippen MR) is 79.5 cm³/mol. The Hall–Kier alpha value is -2.36. The van der Waals surface area contributed by atoms with Crippen LogP contribution in [0.5, 0.6) is 17.2 Å². The number of anilines is 1. The molecule has 0 radical (unpaired) electrons. The van der Waals surface area contributed by atoms with Crippen molar-refractivity contribution in [3.05, 3.63) is 48.5 Å². The van der Waals surface area contributed by atoms with Gasteiger partial charge in [0.25, 0.3) is 0 Å². The van der Waals surface area contributed by atoms with Crippen molar-refractivity contribution in [1.29, 1.82) is 0 Å². The van der Waals surface area contributed by atoms with E-state index in [-0.39, 0.29) is 0 Å². The van der Waals surface area contributed by atoms with E-state index in [4.69, 9.17) is 19.9 Å². The molecule has 2 aromatic carbocycles. The minimum atomic E-state index is 0.563. The fraction of sp³-hybridized carbons (Fsp3) is 0.250. The number of nitrogens with two attached hydrogens (primary N) is 1. The maximum absolute atomic E-state index is 5.69. The van der Waals surface area contributed by atoms with Crippen LogP contribution in [-0.4, -0.2) is 20.3 Å². The van der Waals surface area contributed by atoms with Gasteiger partial charge in [-0.1, -0.05) is 18.2 Å². The van der Waals surface area contributed by atoms with Crippen LogP contribution < -0.4 is 19.9 Å². The second kappa shape index (κ2) is 7.28. The zero-order valence-corrected chi connectivity index (χ0v) is 11.5. The average Bonchev–Trinajstić information content (AvgIpc) is 2.49. The van der Waals surface area contributed by atoms with E-state index >= 15 is 0 Å². The number of hydrogen-bond donors (Lipinski definition) is 1. The number of nitrogen functional groups attached to an aromatic ring is 1. The normalized spacial score (nSPS) is 10.1. The Kier molecular flexibility index (Phi) is 5.12. The van der Waals surface area contributed by atoms with Crippen LogP contribution in [0.2, 0.25) is 0 Å². The van der Waals surface area contributed by atoms with E-state index in [1.807, 2.05) is 36.4 Å². The number of benzene rings is 2. The molecule has 0 aliphatic heterocycles. The molecule has 0 unspecified atom stereocenters. The van der Waals surface area contributed by atoms with Gasteiger partial charge in [-0.2, -0.15) is 0 Å². The van der Waals surface area contributed by atoms with E-state index in [0.29, 0.717) is 30.4 Å². The molecule has 0 aliphatic carbocycles. The third-order valence-electron chi connectivity index (χ3n) is 2.75. The molecule has 4 nitrogen and oxygen atoms in total. The van der Waals surface area contributed by atoms with Crippen molar-refractivity contribution in [2.24, 2.45) is 0 Å². The smallest absolute Gasteiger partial charge is 0.162 e. The largest absolute Gasteiger partial charge is 0.493 e. The van der Waals surface area contributed by atoms with Gasteiger partial charge in [-0.3, -0.25) is 0 Å². The summed E-state index contributed by atoms with van der Waals surface area (Å²) in [5.41, 5.74) is 6.34. The van der Waals surface area contributed by atoms with E-state index in [0.717, 1.165) is 12.2 Å². The molecule has 4 heteroatoms. The first-order valence-corrected chi connectivity index (χ1v) is 6.54. The maximum Gasteiger partial charge on any atom is 0.162 e. The lowest BCUT2D eigenvalue weighted by molar-refractivity contribution is 0.240. The topological polar surface area (TPSA) is 53.7 Å². The Balaban J connectivity index is 1.73. The van der Waals surface area contributed by atoms with Gasteiger partial charge in [0, 0.05) is 18.2 Å². The van der Waals surface area contributed by atoms with Crippen LogP contribution in [0, 0.1) is 0 Å². The minimum absolute atomic E-state index is 0.563. The van der Waals surface area contributed by atoms with Gasteiger partial charge in [0.05, 0.1) is 20.3 Å². The van der Waals surface area contributed by atoms with E-state index in [1.165, 1.54) is 0 Å². The molecule has 0 fully saturated rings. The van der Waals surface area contributed by atoms with Crippen LogP contribution in [0.15, 0.2) is 48.5 Å². The van der Waals surface area contributed by atoms with Gasteiger partial charge in [-0.25, -0.2) is 0 Å². The number of para-hydroxylation sites is 1. The molecule has 0 aromatic heterocycles. The third-order valence-corrected chi connectivity index (χ3v) is 2.75. The Morgan fingerprint density at radius 1 is 0.900 bits per heavy atom. The van der Waals surface area contributed by atoms with Gasteiger partial charge < -0.3 is 19.9 Å². The van der Waals surface area contributed by atoms with Crippen molar-refractivity contribution < 1.29 is 14.2 Å². The zero-order chi connectivity index (χ0) is 14.2. The lowest BCUT2D eigenvalue weighted by Crippen LogP contribution is -2.05. The van der Waals surface area contributed by atoms with E-state index < -0.39 is 0 Å². The molecule has 2 rings (SSSR count). The lowest BCUT2D eigenvalue weighted by atomic mass is 10.3. The van der Waals surface area contributed by atoms with Crippen molar-refractivity contribution in [2.75, 3.05) is 26.1 Å². The fourth-order valence-corrected chi connectivity index (χ4v) is 1.75. The van der Waals surface area contributed by atoms with E-state index in [9.17, 15) is 0 Å². The summed E-state index contributed by atoms with van der Waals surface area (Å²) in [6, 6.07) is 15.1. The number of methoxy groups -OCH3 is 1. The van der Waals surface area contributed by atoms with Crippen LogP contribution in [0.1, 0.15) is 6.42 Å². The molecule has 2 aromatic rings. The van der Waals surface area contributed by atoms with Crippen LogP contribution >= 0.6 is 0 Å². The maximum atomic E-state index is 5.69. The van der Waals surface area contributed by atoms with Crippen LogP contribution in [0.3, 0.4) is 0 Å². The van der Waals surface area contributed by atoms with E-state index in [2.05, 4.69) is 0 Å². The molecule has 0 spiro atoms. The van der Waals surface area contributed by atoms with Crippen molar-refractivity contribution in [3.8, 4) is 17.2 Å². The highest BCUT2D eigenvalue weighted by Crippen LogP contribution is 2.28. The Bertz CT molecular complexity index is 529. The Labute approximate surface area is 119 Å². The van der Waals surface area contributed by atoms with Gasteiger partial charge in [-0.05, 0) is 24.3 Å². The van der Waals surface area contributed by atoms with Crippen molar-refractivity contribution >= 4 is 5.69 Å². The second-order valence-electron chi connectivity index (χ2n) is 4.27. The van der Waals surface area contributed by atoms with Gasteiger partial charge in [0.2, 0.25) is 0 Å². The van der Waals surface area contributed by atoms with Crippen molar-refractivity contribution in [3.63, 3.8) is 0 Å². The first-order chi connectivity index (χ1) is 9.79. The molecule has 2 N–H and O–H groups in total. The quantitative estimate of drug-likeness (QED) is 0.622.